The van der Waals surface area contributed by atoms with Crippen LogP contribution in [0.2, 0.25) is 0 Å². The molecule has 0 atom stereocenters. The van der Waals surface area contributed by atoms with Gasteiger partial charge >= 0.3 is 0 Å². The zero-order chi connectivity index (χ0) is 17.0. The van der Waals surface area contributed by atoms with E-state index in [9.17, 15) is 0 Å². The number of aliphatic imine (C=N–C) groups is 1. The number of rotatable bonds is 10. The van der Waals surface area contributed by atoms with Crippen LogP contribution in [0.15, 0.2) is 41.5 Å². The van der Waals surface area contributed by atoms with Crippen molar-refractivity contribution in [3.8, 4) is 0 Å². The molecule has 0 spiro atoms. The topological polar surface area (TPSA) is 59.8 Å². The highest BCUT2D eigenvalue weighted by molar-refractivity contribution is 14.0. The zero-order valence-electron chi connectivity index (χ0n) is 15.0. The van der Waals surface area contributed by atoms with Crippen LogP contribution in [-0.4, -0.2) is 57.6 Å². The molecule has 0 bridgehead atoms. The lowest BCUT2D eigenvalue weighted by molar-refractivity contribution is 0.0733. The summed E-state index contributed by atoms with van der Waals surface area (Å²) in [5.74, 6) is 0.808. The highest BCUT2D eigenvalue weighted by Crippen LogP contribution is 2.15. The molecule has 2 aromatic rings. The molecule has 1 aromatic carbocycles. The van der Waals surface area contributed by atoms with Crippen molar-refractivity contribution in [3.05, 3.63) is 36.5 Å². The lowest BCUT2D eigenvalue weighted by atomic mass is 10.2. The van der Waals surface area contributed by atoms with Gasteiger partial charge in [0.1, 0.15) is 0 Å². The summed E-state index contributed by atoms with van der Waals surface area (Å²) >= 11 is 0. The van der Waals surface area contributed by atoms with Crippen LogP contribution >= 0.6 is 24.0 Å². The largest absolute Gasteiger partial charge is 0.382 e. The van der Waals surface area contributed by atoms with Gasteiger partial charge in [-0.15, -0.1) is 24.0 Å². The summed E-state index contributed by atoms with van der Waals surface area (Å²) in [4.78, 5) is 4.21. The molecule has 2 rings (SSSR count). The molecule has 25 heavy (non-hydrogen) atoms. The number of nitrogens with zero attached hydrogens (tertiary/aromatic N) is 2. The number of halogens is 1. The number of guanidine groups is 1. The molecule has 1 aromatic heterocycles. The Morgan fingerprint density at radius 3 is 2.68 bits per heavy atom. The molecule has 0 fully saturated rings. The first-order valence-electron chi connectivity index (χ1n) is 8.40. The Morgan fingerprint density at radius 2 is 1.88 bits per heavy atom. The average molecular weight is 460 g/mol. The molecular formula is C18H29IN4O2. The molecule has 0 radical (unpaired) electrons. The van der Waals surface area contributed by atoms with Gasteiger partial charge in [-0.25, -0.2) is 0 Å². The summed E-state index contributed by atoms with van der Waals surface area (Å²) in [5.41, 5.74) is 1.29. The van der Waals surface area contributed by atoms with Gasteiger partial charge in [-0.1, -0.05) is 18.2 Å². The van der Waals surface area contributed by atoms with E-state index in [2.05, 4.69) is 56.7 Å². The first-order valence-corrected chi connectivity index (χ1v) is 8.40. The van der Waals surface area contributed by atoms with Gasteiger partial charge in [0.25, 0.3) is 0 Å². The van der Waals surface area contributed by atoms with Crippen molar-refractivity contribution in [2.75, 3.05) is 47.1 Å². The summed E-state index contributed by atoms with van der Waals surface area (Å²) in [5, 5.41) is 7.85. The second kappa shape index (κ2) is 13.0. The van der Waals surface area contributed by atoms with Gasteiger partial charge < -0.3 is 24.7 Å². The fourth-order valence-corrected chi connectivity index (χ4v) is 2.50. The summed E-state index contributed by atoms with van der Waals surface area (Å²) < 4.78 is 12.6. The number of aromatic nitrogens is 1. The van der Waals surface area contributed by atoms with Gasteiger partial charge in [0.05, 0.1) is 19.8 Å². The third-order valence-electron chi connectivity index (χ3n) is 3.74. The van der Waals surface area contributed by atoms with E-state index >= 15 is 0 Å². The van der Waals surface area contributed by atoms with E-state index in [4.69, 9.17) is 9.47 Å². The molecule has 2 N–H and O–H groups in total. The maximum absolute atomic E-state index is 5.41. The van der Waals surface area contributed by atoms with Crippen molar-refractivity contribution in [1.29, 1.82) is 0 Å². The number of fused-ring (bicyclic) bond motifs is 1. The second-order valence-electron chi connectivity index (χ2n) is 5.45. The van der Waals surface area contributed by atoms with Crippen molar-refractivity contribution in [1.82, 2.24) is 15.2 Å². The Kier molecular flexibility index (Phi) is 11.3. The normalized spacial score (nSPS) is 11.4. The molecule has 0 unspecified atom stereocenters. The Morgan fingerprint density at radius 1 is 1.08 bits per heavy atom. The Balaban J connectivity index is 0.00000312. The maximum atomic E-state index is 5.41. The van der Waals surface area contributed by atoms with Crippen LogP contribution in [-0.2, 0) is 16.0 Å². The number of benzene rings is 1. The summed E-state index contributed by atoms with van der Waals surface area (Å²) in [6.45, 7) is 4.47. The molecule has 0 aliphatic rings. The van der Waals surface area contributed by atoms with E-state index in [1.807, 2.05) is 0 Å². The Labute approximate surface area is 167 Å². The molecule has 0 saturated heterocycles. The molecule has 0 aliphatic heterocycles. The van der Waals surface area contributed by atoms with Crippen LogP contribution in [0.4, 0.5) is 0 Å². The first kappa shape index (κ1) is 21.7. The fourth-order valence-electron chi connectivity index (χ4n) is 2.50. The number of ether oxygens (including phenoxy) is 2. The number of hydrogen-bond donors (Lipinski definition) is 2. The number of nitrogens with one attached hydrogen (secondary N) is 2. The highest BCUT2D eigenvalue weighted by Gasteiger charge is 2.00. The molecule has 6 nitrogen and oxygen atoms in total. The molecule has 1 heterocycles. The molecule has 0 aliphatic carbocycles. The van der Waals surface area contributed by atoms with Crippen LogP contribution in [0.3, 0.4) is 0 Å². The molecule has 0 amide bonds. The number of methoxy groups -OCH3 is 1. The minimum Gasteiger partial charge on any atom is -0.382 e. The zero-order valence-corrected chi connectivity index (χ0v) is 17.4. The van der Waals surface area contributed by atoms with E-state index in [1.54, 1.807) is 14.2 Å². The lowest BCUT2D eigenvalue weighted by Gasteiger charge is -2.12. The third kappa shape index (κ3) is 7.62. The van der Waals surface area contributed by atoms with Crippen LogP contribution in [0.1, 0.15) is 6.42 Å². The van der Waals surface area contributed by atoms with Gasteiger partial charge in [-0.05, 0) is 23.9 Å². The number of hydrogen-bond acceptors (Lipinski definition) is 3. The van der Waals surface area contributed by atoms with Crippen LogP contribution < -0.4 is 10.6 Å². The monoisotopic (exact) mass is 460 g/mol. The molecule has 7 heteroatoms. The van der Waals surface area contributed by atoms with E-state index in [1.165, 1.54) is 10.9 Å². The number of aryl methyl sites for hydroxylation is 1. The Hall–Kier alpha value is -1.32. The summed E-state index contributed by atoms with van der Waals surface area (Å²) in [6, 6.07) is 10.6. The van der Waals surface area contributed by atoms with Crippen molar-refractivity contribution in [2.24, 2.45) is 4.99 Å². The van der Waals surface area contributed by atoms with E-state index in [0.29, 0.717) is 19.8 Å². The smallest absolute Gasteiger partial charge is 0.191 e. The first-order chi connectivity index (χ1) is 11.8. The maximum Gasteiger partial charge on any atom is 0.191 e. The van der Waals surface area contributed by atoms with Crippen LogP contribution in [0.5, 0.6) is 0 Å². The Bertz CT molecular complexity index is 630. The van der Waals surface area contributed by atoms with Crippen molar-refractivity contribution >= 4 is 40.8 Å². The standard InChI is InChI=1S/C18H28N4O2.HI/c1-19-18(21-10-13-24-15-14-23-2)20-9-5-11-22-12-8-16-6-3-4-7-17(16)22;/h3-4,6-8,12H,5,9-11,13-15H2,1-2H3,(H2,19,20,21);1H. The van der Waals surface area contributed by atoms with Gasteiger partial charge in [-0.2, -0.15) is 0 Å². The summed E-state index contributed by atoms with van der Waals surface area (Å²) in [6.07, 6.45) is 3.18. The van der Waals surface area contributed by atoms with Gasteiger partial charge in [0.2, 0.25) is 0 Å². The van der Waals surface area contributed by atoms with Crippen LogP contribution in [0.25, 0.3) is 10.9 Å². The fraction of sp³-hybridized carbons (Fsp3) is 0.500. The third-order valence-corrected chi connectivity index (χ3v) is 3.74. The van der Waals surface area contributed by atoms with Gasteiger partial charge in [0, 0.05) is 45.5 Å². The van der Waals surface area contributed by atoms with Gasteiger partial charge in [0.15, 0.2) is 5.96 Å². The minimum absolute atomic E-state index is 0. The SMILES string of the molecule is CN=C(NCCCn1ccc2ccccc21)NCCOCCOC.I. The van der Waals surface area contributed by atoms with Crippen molar-refractivity contribution in [3.63, 3.8) is 0 Å². The van der Waals surface area contributed by atoms with Crippen molar-refractivity contribution < 1.29 is 9.47 Å². The van der Waals surface area contributed by atoms with E-state index in [0.717, 1.165) is 32.0 Å². The minimum atomic E-state index is 0. The lowest BCUT2D eigenvalue weighted by Crippen LogP contribution is -2.39. The van der Waals surface area contributed by atoms with Crippen LogP contribution in [0, 0.1) is 0 Å². The predicted octanol–water partition coefficient (Wildman–Crippen LogP) is 2.48. The highest BCUT2D eigenvalue weighted by atomic mass is 127. The average Bonchev–Trinajstić information content (AvgIpc) is 3.03. The molecule has 0 saturated carbocycles. The predicted molar refractivity (Wildman–Crippen MR) is 114 cm³/mol. The van der Waals surface area contributed by atoms with E-state index in [-0.39, 0.29) is 24.0 Å². The van der Waals surface area contributed by atoms with Gasteiger partial charge in [-0.3, -0.25) is 4.99 Å². The molecule has 140 valence electrons. The number of para-hydroxylation sites is 1. The van der Waals surface area contributed by atoms with E-state index < -0.39 is 0 Å². The molecular weight excluding hydrogens is 431 g/mol. The second-order valence-corrected chi connectivity index (χ2v) is 5.45. The van der Waals surface area contributed by atoms with Crippen molar-refractivity contribution in [2.45, 2.75) is 13.0 Å². The summed E-state index contributed by atoms with van der Waals surface area (Å²) in [7, 11) is 3.45. The quantitative estimate of drug-likeness (QED) is 0.248.